The van der Waals surface area contributed by atoms with Crippen LogP contribution in [0.5, 0.6) is 0 Å². The molecular formula is C24H18Cl2Ti. The van der Waals surface area contributed by atoms with Gasteiger partial charge in [-0.25, -0.2) is 0 Å². The Kier molecular flexibility index (Phi) is 6.95. The van der Waals surface area contributed by atoms with Gasteiger partial charge in [0.1, 0.15) is 0 Å². The van der Waals surface area contributed by atoms with Gasteiger partial charge in [-0.1, -0.05) is 72.3 Å². The molecule has 0 amide bonds. The first-order valence-corrected chi connectivity index (χ1v) is 8.50. The smallest absolute Gasteiger partial charge is 1.00 e. The minimum atomic E-state index is 0. The summed E-state index contributed by atoms with van der Waals surface area (Å²) in [6.45, 7) is 2.22. The van der Waals surface area contributed by atoms with Crippen molar-refractivity contribution in [3.63, 3.8) is 0 Å². The summed E-state index contributed by atoms with van der Waals surface area (Å²) in [5.41, 5.74) is 6.98. The average molecular weight is 425 g/mol. The maximum Gasteiger partial charge on any atom is 2.00 e. The molecule has 4 aromatic rings. The monoisotopic (exact) mass is 424 g/mol. The maximum atomic E-state index is 2.35. The molecule has 4 aromatic carbocycles. The van der Waals surface area contributed by atoms with Crippen LogP contribution in [0.4, 0.5) is 0 Å². The van der Waals surface area contributed by atoms with Crippen molar-refractivity contribution in [3.8, 4) is 11.1 Å². The van der Waals surface area contributed by atoms with Crippen LogP contribution < -0.4 is 24.8 Å². The van der Waals surface area contributed by atoms with E-state index in [0.717, 1.165) is 6.42 Å². The Morgan fingerprint density at radius 1 is 0.667 bits per heavy atom. The fourth-order valence-electron chi connectivity index (χ4n) is 3.97. The predicted octanol–water partition coefficient (Wildman–Crippen LogP) is 0.625. The van der Waals surface area contributed by atoms with Crippen molar-refractivity contribution >= 4 is 27.6 Å². The summed E-state index contributed by atoms with van der Waals surface area (Å²) in [6, 6.07) is 26.6. The third-order valence-electron chi connectivity index (χ3n) is 5.09. The van der Waals surface area contributed by atoms with E-state index in [2.05, 4.69) is 85.8 Å². The summed E-state index contributed by atoms with van der Waals surface area (Å²) in [7, 11) is 0. The van der Waals surface area contributed by atoms with E-state index in [1.54, 1.807) is 0 Å². The molecule has 0 radical (unpaired) electrons. The van der Waals surface area contributed by atoms with E-state index in [-0.39, 0.29) is 46.5 Å². The largest absolute Gasteiger partial charge is 2.00 e. The second-order valence-corrected chi connectivity index (χ2v) is 6.77. The van der Waals surface area contributed by atoms with Crippen LogP contribution in [-0.2, 0) is 28.1 Å². The van der Waals surface area contributed by atoms with Crippen LogP contribution in [0.25, 0.3) is 38.7 Å². The summed E-state index contributed by atoms with van der Waals surface area (Å²) in [5, 5.41) is 5.25. The molecule has 5 rings (SSSR count). The fraction of sp³-hybridized carbons (Fsp3) is 0.0833. The molecule has 3 heteroatoms. The average Bonchev–Trinajstić information content (AvgIpc) is 2.99. The number of benzene rings is 4. The number of halogens is 2. The molecule has 1 aliphatic carbocycles. The van der Waals surface area contributed by atoms with Gasteiger partial charge in [-0.3, -0.25) is 0 Å². The molecule has 0 spiro atoms. The quantitative estimate of drug-likeness (QED) is 0.310. The van der Waals surface area contributed by atoms with Gasteiger partial charge in [-0.2, -0.15) is 0 Å². The second-order valence-electron chi connectivity index (χ2n) is 6.77. The topological polar surface area (TPSA) is 0 Å². The first-order valence-electron chi connectivity index (χ1n) is 8.50. The van der Waals surface area contributed by atoms with Gasteiger partial charge in [-0.05, 0) is 69.3 Å². The Hall–Kier alpha value is -1.57. The number of allylic oxidation sites excluding steroid dienone is 1. The van der Waals surface area contributed by atoms with Crippen molar-refractivity contribution in [1.29, 1.82) is 0 Å². The molecule has 0 aromatic heterocycles. The molecule has 0 unspecified atom stereocenters. The van der Waals surface area contributed by atoms with Gasteiger partial charge >= 0.3 is 21.7 Å². The molecule has 1 aliphatic rings. The van der Waals surface area contributed by atoms with Crippen molar-refractivity contribution in [1.82, 2.24) is 0 Å². The molecule has 0 saturated carbocycles. The molecule has 0 N–H and O–H groups in total. The number of rotatable bonds is 1. The fourth-order valence-corrected chi connectivity index (χ4v) is 3.97. The van der Waals surface area contributed by atoms with Crippen molar-refractivity contribution in [3.05, 3.63) is 89.5 Å². The van der Waals surface area contributed by atoms with Crippen LogP contribution in [0.2, 0.25) is 0 Å². The molecule has 0 saturated heterocycles. The SMILES string of the molecule is CC1=Cc2c(cccc2-c2cccc3cc4ccccc4cc23)C1.[Cl-].[Cl-].[Ti+2]. The first kappa shape index (κ1) is 21.7. The van der Waals surface area contributed by atoms with Gasteiger partial charge in [0.15, 0.2) is 0 Å². The predicted molar refractivity (Wildman–Crippen MR) is 104 cm³/mol. The molecule has 27 heavy (non-hydrogen) atoms. The molecule has 0 aliphatic heterocycles. The standard InChI is InChI=1S/C24H18.2ClH.Ti/c1-16-12-19-8-4-10-21(23(19)13-16)22-11-5-9-20-14-17-6-2-3-7-18(17)15-24(20)22;;;/h2-11,13-15H,12H2,1H3;2*1H;/q;;;+2/p-2. The van der Waals surface area contributed by atoms with Gasteiger partial charge < -0.3 is 24.8 Å². The van der Waals surface area contributed by atoms with E-state index in [0.29, 0.717) is 0 Å². The zero-order chi connectivity index (χ0) is 16.1. The van der Waals surface area contributed by atoms with Crippen LogP contribution in [0.1, 0.15) is 18.1 Å². The molecular weight excluding hydrogens is 407 g/mol. The molecule has 0 atom stereocenters. The van der Waals surface area contributed by atoms with E-state index >= 15 is 0 Å². The zero-order valence-corrected chi connectivity index (χ0v) is 18.0. The number of hydrogen-bond acceptors (Lipinski definition) is 0. The van der Waals surface area contributed by atoms with Crippen LogP contribution >= 0.6 is 0 Å². The summed E-state index contributed by atoms with van der Waals surface area (Å²) in [6.07, 6.45) is 3.43. The normalized spacial score (nSPS) is 11.8. The van der Waals surface area contributed by atoms with Gasteiger partial charge in [0, 0.05) is 0 Å². The van der Waals surface area contributed by atoms with Crippen LogP contribution in [0.3, 0.4) is 0 Å². The number of hydrogen-bond donors (Lipinski definition) is 0. The third-order valence-corrected chi connectivity index (χ3v) is 5.09. The van der Waals surface area contributed by atoms with Crippen molar-refractivity contribution in [2.45, 2.75) is 13.3 Å². The molecule has 132 valence electrons. The number of fused-ring (bicyclic) bond motifs is 3. The van der Waals surface area contributed by atoms with Gasteiger partial charge in [0.2, 0.25) is 0 Å². The first-order chi connectivity index (χ1) is 11.8. The molecule has 0 fully saturated rings. The maximum absolute atomic E-state index is 2.35. The second kappa shape index (κ2) is 8.63. The van der Waals surface area contributed by atoms with Crippen molar-refractivity contribution in [2.24, 2.45) is 0 Å². The van der Waals surface area contributed by atoms with E-state index in [1.807, 2.05) is 0 Å². The van der Waals surface area contributed by atoms with Gasteiger partial charge in [-0.15, -0.1) is 0 Å². The summed E-state index contributed by atoms with van der Waals surface area (Å²) >= 11 is 0. The van der Waals surface area contributed by atoms with E-state index in [9.17, 15) is 0 Å². The Balaban J connectivity index is 0.000000871. The molecule has 0 heterocycles. The zero-order valence-electron chi connectivity index (χ0n) is 15.0. The van der Waals surface area contributed by atoms with Crippen molar-refractivity contribution < 1.29 is 46.5 Å². The Labute approximate surface area is 187 Å². The van der Waals surface area contributed by atoms with Crippen LogP contribution in [0, 0.1) is 0 Å². The summed E-state index contributed by atoms with van der Waals surface area (Å²) in [4.78, 5) is 0. The molecule has 0 bridgehead atoms. The van der Waals surface area contributed by atoms with Crippen molar-refractivity contribution in [2.75, 3.05) is 0 Å². The minimum Gasteiger partial charge on any atom is -1.00 e. The van der Waals surface area contributed by atoms with Gasteiger partial charge in [0.25, 0.3) is 0 Å². The van der Waals surface area contributed by atoms with E-state index < -0.39 is 0 Å². The Morgan fingerprint density at radius 3 is 2.07 bits per heavy atom. The minimum absolute atomic E-state index is 0. The Bertz CT molecular complexity index is 1150. The van der Waals surface area contributed by atoms with Crippen LogP contribution in [0.15, 0.2) is 78.4 Å². The summed E-state index contributed by atoms with van der Waals surface area (Å²) in [5.74, 6) is 0. The van der Waals surface area contributed by atoms with Gasteiger partial charge in [0.05, 0.1) is 0 Å². The Morgan fingerprint density at radius 2 is 1.30 bits per heavy atom. The third kappa shape index (κ3) is 3.73. The van der Waals surface area contributed by atoms with E-state index in [1.165, 1.54) is 49.4 Å². The molecule has 0 nitrogen and oxygen atoms in total. The van der Waals surface area contributed by atoms with Crippen LogP contribution in [-0.4, -0.2) is 0 Å². The van der Waals surface area contributed by atoms with E-state index in [4.69, 9.17) is 0 Å². The summed E-state index contributed by atoms with van der Waals surface area (Å²) < 4.78 is 0.